The van der Waals surface area contributed by atoms with Gasteiger partial charge in [0.15, 0.2) is 0 Å². The van der Waals surface area contributed by atoms with Crippen molar-refractivity contribution in [2.24, 2.45) is 0 Å². The summed E-state index contributed by atoms with van der Waals surface area (Å²) in [4.78, 5) is 13.1. The Kier molecular flexibility index (Phi) is 6.62. The molecular weight excluding hydrogens is 420 g/mol. The number of amides is 1. The minimum atomic E-state index is -0.0825. The number of carbonyl (C=O) groups is 1. The number of methoxy groups -OCH3 is 1. The van der Waals surface area contributed by atoms with Gasteiger partial charge in [0.1, 0.15) is 5.75 Å². The molecule has 0 aliphatic rings. The van der Waals surface area contributed by atoms with Crippen LogP contribution in [0.25, 0.3) is 16.9 Å². The second-order valence-corrected chi connectivity index (χ2v) is 8.00. The number of hydrogen-bond donors (Lipinski definition) is 1. The zero-order chi connectivity index (χ0) is 22.5. The molecule has 1 amide bonds. The Bertz CT molecular complexity index is 1200. The van der Waals surface area contributed by atoms with Gasteiger partial charge < -0.3 is 14.6 Å². The fraction of sp³-hybridized carbons (Fsp3) is 0.148. The van der Waals surface area contributed by atoms with Crippen LogP contribution in [0.2, 0.25) is 5.02 Å². The third kappa shape index (κ3) is 4.71. The van der Waals surface area contributed by atoms with Gasteiger partial charge >= 0.3 is 0 Å². The van der Waals surface area contributed by atoms with Crippen LogP contribution in [0, 0.1) is 6.92 Å². The third-order valence-electron chi connectivity index (χ3n) is 5.50. The highest BCUT2D eigenvalue weighted by Crippen LogP contribution is 2.31. The van der Waals surface area contributed by atoms with Gasteiger partial charge in [-0.1, -0.05) is 54.1 Å². The number of hydrogen-bond acceptors (Lipinski definition) is 2. The Balaban J connectivity index is 1.66. The lowest BCUT2D eigenvalue weighted by atomic mass is 10.1. The van der Waals surface area contributed by atoms with Crippen molar-refractivity contribution < 1.29 is 9.53 Å². The zero-order valence-electron chi connectivity index (χ0n) is 18.1. The molecule has 0 fully saturated rings. The van der Waals surface area contributed by atoms with Gasteiger partial charge in [0, 0.05) is 22.9 Å². The molecule has 0 saturated carbocycles. The minimum Gasteiger partial charge on any atom is -0.497 e. The molecule has 0 radical (unpaired) electrons. The quantitative estimate of drug-likeness (QED) is 0.375. The smallest absolute Gasteiger partial charge is 0.253 e. The second-order valence-electron chi connectivity index (χ2n) is 7.56. The minimum absolute atomic E-state index is 0.0825. The Hall–Kier alpha value is -3.50. The fourth-order valence-corrected chi connectivity index (χ4v) is 3.92. The molecule has 1 aromatic heterocycles. The van der Waals surface area contributed by atoms with Crippen molar-refractivity contribution in [1.29, 1.82) is 0 Å². The summed E-state index contributed by atoms with van der Waals surface area (Å²) in [6.45, 7) is 2.54. The first-order valence-corrected chi connectivity index (χ1v) is 10.9. The first kappa shape index (κ1) is 21.7. The molecule has 0 saturated heterocycles. The van der Waals surface area contributed by atoms with E-state index in [1.165, 1.54) is 5.56 Å². The Morgan fingerprint density at radius 1 is 0.969 bits per heavy atom. The van der Waals surface area contributed by atoms with Crippen molar-refractivity contribution in [3.8, 4) is 22.7 Å². The van der Waals surface area contributed by atoms with Crippen LogP contribution in [0.4, 0.5) is 0 Å². The van der Waals surface area contributed by atoms with Crippen LogP contribution in [-0.4, -0.2) is 24.1 Å². The number of nitrogens with zero attached hydrogens (tertiary/aromatic N) is 1. The van der Waals surface area contributed by atoms with Crippen LogP contribution in [-0.2, 0) is 6.42 Å². The lowest BCUT2D eigenvalue weighted by Gasteiger charge is -2.13. The standard InChI is InChI=1S/C27H25ClN2O2/c1-19-25(27(31)29-17-16-20-6-4-3-5-7-20)18-26(21-8-10-22(28)11-9-21)30(19)23-12-14-24(32-2)15-13-23/h3-15,18H,16-17H2,1-2H3,(H,29,31). The van der Waals surface area contributed by atoms with Crippen LogP contribution in [0.15, 0.2) is 84.9 Å². The lowest BCUT2D eigenvalue weighted by Crippen LogP contribution is -2.26. The molecule has 1 heterocycles. The summed E-state index contributed by atoms with van der Waals surface area (Å²) in [5.41, 5.74) is 5.59. The van der Waals surface area contributed by atoms with Gasteiger partial charge in [-0.05, 0) is 66.9 Å². The second kappa shape index (κ2) is 9.75. The van der Waals surface area contributed by atoms with Crippen LogP contribution in [0.3, 0.4) is 0 Å². The molecule has 0 bridgehead atoms. The lowest BCUT2D eigenvalue weighted by molar-refractivity contribution is 0.0953. The van der Waals surface area contributed by atoms with Gasteiger partial charge in [-0.15, -0.1) is 0 Å². The Morgan fingerprint density at radius 2 is 1.66 bits per heavy atom. The van der Waals surface area contributed by atoms with Crippen LogP contribution in [0.5, 0.6) is 5.75 Å². The molecule has 0 spiro atoms. The number of ether oxygens (including phenoxy) is 1. The molecule has 0 aliphatic heterocycles. The topological polar surface area (TPSA) is 43.3 Å². The van der Waals surface area contributed by atoms with E-state index < -0.39 is 0 Å². The molecule has 3 aromatic carbocycles. The highest BCUT2D eigenvalue weighted by molar-refractivity contribution is 6.30. The number of benzene rings is 3. The van der Waals surface area contributed by atoms with Gasteiger partial charge in [0.2, 0.25) is 0 Å². The van der Waals surface area contributed by atoms with Crippen LogP contribution >= 0.6 is 11.6 Å². The first-order valence-electron chi connectivity index (χ1n) is 10.5. The van der Waals surface area contributed by atoms with Gasteiger partial charge in [-0.2, -0.15) is 0 Å². The van der Waals surface area contributed by atoms with Crippen molar-refractivity contribution in [2.75, 3.05) is 13.7 Å². The molecule has 4 rings (SSSR count). The van der Waals surface area contributed by atoms with E-state index >= 15 is 0 Å². The number of carbonyl (C=O) groups excluding carboxylic acids is 1. The maximum absolute atomic E-state index is 13.1. The molecule has 0 atom stereocenters. The molecular formula is C27H25ClN2O2. The molecule has 4 aromatic rings. The summed E-state index contributed by atoms with van der Waals surface area (Å²) in [6, 6.07) is 27.5. The largest absolute Gasteiger partial charge is 0.497 e. The van der Waals surface area contributed by atoms with E-state index in [0.29, 0.717) is 17.1 Å². The predicted octanol–water partition coefficient (Wildman–Crippen LogP) is 6.09. The molecule has 1 N–H and O–H groups in total. The normalized spacial score (nSPS) is 10.7. The summed E-state index contributed by atoms with van der Waals surface area (Å²) in [5, 5.41) is 3.74. The summed E-state index contributed by atoms with van der Waals surface area (Å²) in [7, 11) is 1.65. The van der Waals surface area contributed by atoms with Gasteiger partial charge in [-0.3, -0.25) is 4.79 Å². The Morgan fingerprint density at radius 3 is 2.31 bits per heavy atom. The molecule has 0 unspecified atom stereocenters. The van der Waals surface area contributed by atoms with Crippen molar-refractivity contribution in [3.63, 3.8) is 0 Å². The van der Waals surface area contributed by atoms with Crippen molar-refractivity contribution in [1.82, 2.24) is 9.88 Å². The van der Waals surface area contributed by atoms with E-state index in [4.69, 9.17) is 16.3 Å². The number of aromatic nitrogens is 1. The van der Waals surface area contributed by atoms with Gasteiger partial charge in [0.25, 0.3) is 5.91 Å². The molecule has 5 heteroatoms. The summed E-state index contributed by atoms with van der Waals surface area (Å²) >= 11 is 6.10. The van der Waals surface area contributed by atoms with Crippen LogP contribution < -0.4 is 10.1 Å². The average Bonchev–Trinajstić information content (AvgIpc) is 3.17. The maximum atomic E-state index is 13.1. The van der Waals surface area contributed by atoms with E-state index in [2.05, 4.69) is 22.0 Å². The monoisotopic (exact) mass is 444 g/mol. The van der Waals surface area contributed by atoms with E-state index in [1.807, 2.05) is 79.7 Å². The highest BCUT2D eigenvalue weighted by atomic mass is 35.5. The zero-order valence-corrected chi connectivity index (χ0v) is 18.9. The molecule has 4 nitrogen and oxygen atoms in total. The molecule has 162 valence electrons. The first-order chi connectivity index (χ1) is 15.6. The van der Waals surface area contributed by atoms with E-state index in [1.54, 1.807) is 7.11 Å². The van der Waals surface area contributed by atoms with E-state index in [-0.39, 0.29) is 5.91 Å². The van der Waals surface area contributed by atoms with Crippen molar-refractivity contribution in [2.45, 2.75) is 13.3 Å². The fourth-order valence-electron chi connectivity index (χ4n) is 3.79. The highest BCUT2D eigenvalue weighted by Gasteiger charge is 2.19. The summed E-state index contributed by atoms with van der Waals surface area (Å²) in [5.74, 6) is 0.700. The van der Waals surface area contributed by atoms with Crippen LogP contribution in [0.1, 0.15) is 21.6 Å². The SMILES string of the molecule is COc1ccc(-n2c(-c3ccc(Cl)cc3)cc(C(=O)NCCc3ccccc3)c2C)cc1. The molecule has 0 aliphatic carbocycles. The van der Waals surface area contributed by atoms with Gasteiger partial charge in [-0.25, -0.2) is 0 Å². The summed E-state index contributed by atoms with van der Waals surface area (Å²) in [6.07, 6.45) is 0.787. The average molecular weight is 445 g/mol. The Labute approximate surface area is 193 Å². The predicted molar refractivity (Wildman–Crippen MR) is 130 cm³/mol. The molecule has 32 heavy (non-hydrogen) atoms. The third-order valence-corrected chi connectivity index (χ3v) is 5.76. The summed E-state index contributed by atoms with van der Waals surface area (Å²) < 4.78 is 7.39. The number of nitrogens with one attached hydrogen (secondary N) is 1. The van der Waals surface area contributed by atoms with Crippen molar-refractivity contribution in [3.05, 3.63) is 107 Å². The number of halogens is 1. The van der Waals surface area contributed by atoms with E-state index in [0.717, 1.165) is 34.8 Å². The number of rotatable bonds is 7. The van der Waals surface area contributed by atoms with Crippen molar-refractivity contribution >= 4 is 17.5 Å². The van der Waals surface area contributed by atoms with Gasteiger partial charge in [0.05, 0.1) is 18.4 Å². The maximum Gasteiger partial charge on any atom is 0.253 e. The van der Waals surface area contributed by atoms with E-state index in [9.17, 15) is 4.79 Å².